The van der Waals surface area contributed by atoms with Crippen molar-refractivity contribution in [1.82, 2.24) is 35.2 Å². The fourth-order valence-corrected chi connectivity index (χ4v) is 9.16. The smallest absolute Gasteiger partial charge is 0.408 e. The number of hydrogen-bond donors (Lipinski definition) is 2. The van der Waals surface area contributed by atoms with Crippen molar-refractivity contribution < 1.29 is 33.0 Å². The maximum absolute atomic E-state index is 17.7. The fraction of sp³-hybridized carbons (Fsp3) is 0.568. The van der Waals surface area contributed by atoms with Crippen LogP contribution in [0.2, 0.25) is 0 Å². The average Bonchev–Trinajstić information content (AvgIpc) is 3.80. The highest BCUT2D eigenvalue weighted by molar-refractivity contribution is 7.10. The molecule has 6 heterocycles. The topological polar surface area (TPSA) is 143 Å². The molecule has 2 fully saturated rings. The quantitative estimate of drug-likeness (QED) is 0.205. The summed E-state index contributed by atoms with van der Waals surface area (Å²) in [6.07, 6.45) is 2.42. The van der Waals surface area contributed by atoms with Gasteiger partial charge in [0.1, 0.15) is 17.7 Å². The molecule has 2 N–H and O–H groups in total. The van der Waals surface area contributed by atoms with E-state index in [1.807, 2.05) is 37.6 Å². The molecule has 0 unspecified atom stereocenters. The Hall–Kier alpha value is -4.64. The lowest BCUT2D eigenvalue weighted by atomic mass is 9.93. The predicted octanol–water partition coefficient (Wildman–Crippen LogP) is 6.50. The van der Waals surface area contributed by atoms with Crippen LogP contribution in [0.25, 0.3) is 33.4 Å². The molecule has 2 amide bonds. The monoisotopic (exact) mass is 846 g/mol. The van der Waals surface area contributed by atoms with E-state index >= 15 is 4.39 Å². The Morgan fingerprint density at radius 2 is 1.90 bits per heavy atom. The summed E-state index contributed by atoms with van der Waals surface area (Å²) in [5.41, 5.74) is 7.14. The number of cyclic esters (lactones) is 1. The van der Waals surface area contributed by atoms with E-state index in [-0.39, 0.29) is 19.1 Å². The minimum atomic E-state index is -1.09. The number of piperazine rings is 1. The highest BCUT2D eigenvalue weighted by Gasteiger charge is 2.37. The first kappa shape index (κ1) is 43.4. The molecule has 3 aliphatic heterocycles. The van der Waals surface area contributed by atoms with Crippen LogP contribution in [0.5, 0.6) is 0 Å². The Balaban J connectivity index is 1.40. The van der Waals surface area contributed by atoms with E-state index in [0.717, 1.165) is 59.8 Å². The number of thiazole rings is 1. The number of fused-ring (bicyclic) bond motifs is 6. The van der Waals surface area contributed by atoms with Crippen molar-refractivity contribution in [1.29, 1.82) is 0 Å². The number of carbonyl (C=O) groups is 3. The molecule has 2 saturated heterocycles. The molecular weight excluding hydrogens is 788 g/mol. The summed E-state index contributed by atoms with van der Waals surface area (Å²) in [6, 6.07) is 4.03. The van der Waals surface area contributed by atoms with Crippen molar-refractivity contribution in [2.45, 2.75) is 104 Å². The molecule has 0 saturated carbocycles. The van der Waals surface area contributed by atoms with Gasteiger partial charge in [-0.05, 0) is 71.7 Å². The molecule has 324 valence electrons. The van der Waals surface area contributed by atoms with Gasteiger partial charge in [0.05, 0.1) is 52.2 Å². The Labute approximate surface area is 355 Å². The first-order valence-electron chi connectivity index (χ1n) is 21.0. The lowest BCUT2D eigenvalue weighted by Gasteiger charge is -2.35. The first-order valence-corrected chi connectivity index (χ1v) is 21.8. The largest absolute Gasteiger partial charge is 0.464 e. The molecular formula is C44H59FN8O6S. The van der Waals surface area contributed by atoms with Gasteiger partial charge in [-0.15, -0.1) is 11.3 Å². The molecule has 0 spiro atoms. The Kier molecular flexibility index (Phi) is 12.6. The van der Waals surface area contributed by atoms with Crippen LogP contribution in [0, 0.1) is 11.2 Å². The maximum Gasteiger partial charge on any atom is 0.408 e. The number of benzene rings is 1. The highest BCUT2D eigenvalue weighted by atomic mass is 32.1. The third-order valence-corrected chi connectivity index (χ3v) is 12.4. The number of pyridine rings is 1. The van der Waals surface area contributed by atoms with Crippen LogP contribution in [0.1, 0.15) is 83.7 Å². The molecule has 14 nitrogen and oxygen atoms in total. The lowest BCUT2D eigenvalue weighted by molar-refractivity contribution is -0.155. The van der Waals surface area contributed by atoms with Crippen molar-refractivity contribution in [3.05, 3.63) is 51.9 Å². The van der Waals surface area contributed by atoms with Crippen molar-refractivity contribution in [2.24, 2.45) is 5.41 Å². The van der Waals surface area contributed by atoms with Gasteiger partial charge < -0.3 is 33.9 Å². The van der Waals surface area contributed by atoms with Gasteiger partial charge in [0.25, 0.3) is 5.91 Å². The van der Waals surface area contributed by atoms with Crippen LogP contribution in [0.4, 0.5) is 14.9 Å². The van der Waals surface area contributed by atoms with Gasteiger partial charge in [0, 0.05) is 80.1 Å². The second kappa shape index (κ2) is 17.4. The van der Waals surface area contributed by atoms with Crippen LogP contribution in [-0.4, -0.2) is 114 Å². The third-order valence-electron chi connectivity index (χ3n) is 11.5. The molecule has 3 atom stereocenters. The van der Waals surface area contributed by atoms with Crippen molar-refractivity contribution in [3.63, 3.8) is 0 Å². The third kappa shape index (κ3) is 9.16. The number of aromatic nitrogens is 3. The fourth-order valence-electron chi connectivity index (χ4n) is 8.32. The number of rotatable bonds is 6. The number of methoxy groups -OCH3 is 1. The molecule has 16 heteroatoms. The molecule has 6 bridgehead atoms. The van der Waals surface area contributed by atoms with Gasteiger partial charge in [-0.3, -0.25) is 19.6 Å². The number of hydrazine groups is 1. The Morgan fingerprint density at radius 1 is 1.15 bits per heavy atom. The lowest BCUT2D eigenvalue weighted by Crippen LogP contribution is -2.60. The molecule has 4 aromatic rings. The second-order valence-electron chi connectivity index (χ2n) is 18.0. The minimum absolute atomic E-state index is 0.0195. The molecule has 3 aromatic heterocycles. The van der Waals surface area contributed by atoms with Crippen LogP contribution >= 0.6 is 11.3 Å². The van der Waals surface area contributed by atoms with E-state index in [9.17, 15) is 14.4 Å². The van der Waals surface area contributed by atoms with Gasteiger partial charge in [-0.1, -0.05) is 26.8 Å². The number of alkyl carbamates (subject to hydrolysis) is 1. The van der Waals surface area contributed by atoms with Gasteiger partial charge in [-0.2, -0.15) is 0 Å². The number of ether oxygens (including phenoxy) is 3. The molecule has 0 aliphatic carbocycles. The van der Waals surface area contributed by atoms with E-state index in [1.54, 1.807) is 39.3 Å². The summed E-state index contributed by atoms with van der Waals surface area (Å²) in [5.74, 6) is -1.38. The summed E-state index contributed by atoms with van der Waals surface area (Å²) in [6.45, 7) is 17.5. The van der Waals surface area contributed by atoms with Crippen molar-refractivity contribution in [3.8, 4) is 22.5 Å². The van der Waals surface area contributed by atoms with Crippen molar-refractivity contribution >= 4 is 45.9 Å². The molecule has 60 heavy (non-hydrogen) atoms. The number of likely N-dealkylation sites (N-methyl/N-ethyl adjacent to an activating group) is 1. The number of hydrogen-bond acceptors (Lipinski definition) is 12. The van der Waals surface area contributed by atoms with Gasteiger partial charge in [-0.25, -0.2) is 19.6 Å². The van der Waals surface area contributed by atoms with Crippen LogP contribution in [-0.2, 0) is 43.2 Å². The number of anilines is 1. The first-order chi connectivity index (χ1) is 28.5. The maximum atomic E-state index is 17.7. The van der Waals surface area contributed by atoms with Crippen LogP contribution in [0.3, 0.4) is 0 Å². The number of aryl methyl sites for hydroxylation is 1. The van der Waals surface area contributed by atoms with E-state index in [0.29, 0.717) is 54.1 Å². The zero-order valence-corrected chi connectivity index (χ0v) is 37.1. The number of amides is 2. The number of nitrogens with zero attached hydrogens (tertiary/aromatic N) is 6. The minimum Gasteiger partial charge on any atom is -0.464 e. The van der Waals surface area contributed by atoms with Gasteiger partial charge in [0.15, 0.2) is 5.82 Å². The average molecular weight is 847 g/mol. The Bertz CT molecular complexity index is 2240. The summed E-state index contributed by atoms with van der Waals surface area (Å²) in [7, 11) is 3.79. The Morgan fingerprint density at radius 3 is 2.60 bits per heavy atom. The van der Waals surface area contributed by atoms with E-state index < -0.39 is 46.9 Å². The number of nitrogens with one attached hydrogen (secondary N) is 2. The zero-order chi connectivity index (χ0) is 43.1. The number of carbonyl (C=O) groups excluding carboxylic acids is 3. The summed E-state index contributed by atoms with van der Waals surface area (Å²) >= 11 is 1.28. The van der Waals surface area contributed by atoms with Crippen LogP contribution < -0.4 is 15.6 Å². The molecule has 1 aromatic carbocycles. The van der Waals surface area contributed by atoms with Gasteiger partial charge in [0.2, 0.25) is 0 Å². The second-order valence-corrected chi connectivity index (χ2v) is 18.9. The van der Waals surface area contributed by atoms with E-state index in [4.69, 9.17) is 24.2 Å². The molecule has 0 radical (unpaired) electrons. The standard InChI is InChI=1S/C44H59FN8O6S/c1-10-28-29-13-14-30-34-23-60-35(47-34)21-33(48-42(56)59-43(3,4)5)40(54)53-15-11-12-32(49-53)41(55)58-25-44(6,7)24-52(39(29)36(30)45)38(28)31-20-27(22-46-37(31)26(2)57-9)51-18-16-50(8)17-19-51/h13-14,20,22-23,26,32-33,49H,10-12,15-19,21,24-25H2,1-9H3,(H,48,56)/t26-,32-,33-/m0/s1. The molecule has 3 aliphatic rings. The molecule has 7 rings (SSSR count). The summed E-state index contributed by atoms with van der Waals surface area (Å²) in [5, 5.41) is 7.18. The number of esters is 1. The van der Waals surface area contributed by atoms with Crippen molar-refractivity contribution in [2.75, 3.05) is 58.4 Å². The zero-order valence-electron chi connectivity index (χ0n) is 36.3. The normalized spacial score (nSPS) is 21.1. The van der Waals surface area contributed by atoms with Gasteiger partial charge >= 0.3 is 12.1 Å². The highest BCUT2D eigenvalue weighted by Crippen LogP contribution is 2.43. The summed E-state index contributed by atoms with van der Waals surface area (Å²) < 4.78 is 37.2. The SMILES string of the molecule is CCc1c(-c2cc(N3CCN(C)CC3)cnc2[C@H](C)OC)n2c3c(F)c(ccc13)-c1csc(n1)C[C@H](NC(=O)OC(C)(C)C)C(=O)N1CCC[C@H](N1)C(=O)OCC(C)(C)C2. The summed E-state index contributed by atoms with van der Waals surface area (Å²) in [4.78, 5) is 55.5. The van der Waals surface area contributed by atoms with E-state index in [1.165, 1.54) is 16.3 Å². The van der Waals surface area contributed by atoms with Crippen LogP contribution in [0.15, 0.2) is 29.8 Å². The number of halogens is 1. The van der Waals surface area contributed by atoms with E-state index in [2.05, 4.69) is 40.6 Å². The predicted molar refractivity (Wildman–Crippen MR) is 230 cm³/mol.